The van der Waals surface area contributed by atoms with Gasteiger partial charge in [0.25, 0.3) is 5.56 Å². The topological polar surface area (TPSA) is 99.3 Å². The minimum Gasteiger partial charge on any atom is -0.503 e. The van der Waals surface area contributed by atoms with Gasteiger partial charge < -0.3 is 20.9 Å². The van der Waals surface area contributed by atoms with Crippen LogP contribution in [0, 0.1) is 0 Å². The predicted molar refractivity (Wildman–Crippen MR) is 42.7 cm³/mol. The Balaban J connectivity index is 3.04. The number of pyridine rings is 1. The summed E-state index contributed by atoms with van der Waals surface area (Å²) in [5.74, 6) is -0.392. The van der Waals surface area contributed by atoms with Crippen molar-refractivity contribution in [3.8, 4) is 5.75 Å². The van der Waals surface area contributed by atoms with Gasteiger partial charge in [0.1, 0.15) is 0 Å². The number of nitrogens with one attached hydrogen (secondary N) is 1. The van der Waals surface area contributed by atoms with Crippen molar-refractivity contribution >= 4 is 0 Å². The van der Waals surface area contributed by atoms with E-state index in [2.05, 4.69) is 4.98 Å². The van der Waals surface area contributed by atoms with Crippen molar-refractivity contribution in [1.29, 1.82) is 0 Å². The largest absolute Gasteiger partial charge is 0.503 e. The zero-order valence-electron chi connectivity index (χ0n) is 6.32. The van der Waals surface area contributed by atoms with E-state index in [9.17, 15) is 4.79 Å². The molecule has 0 spiro atoms. The van der Waals surface area contributed by atoms with Crippen LogP contribution in [-0.4, -0.2) is 21.8 Å². The average molecular weight is 170 g/mol. The first-order valence-electron chi connectivity index (χ1n) is 3.43. The van der Waals surface area contributed by atoms with Crippen molar-refractivity contribution in [3.05, 3.63) is 28.2 Å². The van der Waals surface area contributed by atoms with Crippen LogP contribution in [-0.2, 0) is 0 Å². The number of hydrogen-bond donors (Lipinski definition) is 4. The third kappa shape index (κ3) is 1.63. The van der Waals surface area contributed by atoms with Gasteiger partial charge >= 0.3 is 0 Å². The minimum absolute atomic E-state index is 0.231. The van der Waals surface area contributed by atoms with Crippen molar-refractivity contribution in [3.63, 3.8) is 0 Å². The summed E-state index contributed by atoms with van der Waals surface area (Å²) in [5, 5.41) is 17.6. The molecule has 0 amide bonds. The highest BCUT2D eigenvalue weighted by Gasteiger charge is 2.06. The summed E-state index contributed by atoms with van der Waals surface area (Å²) in [7, 11) is 0. The molecule has 1 aromatic heterocycles. The maximum atomic E-state index is 10.7. The molecule has 12 heavy (non-hydrogen) atoms. The van der Waals surface area contributed by atoms with Crippen LogP contribution in [0.25, 0.3) is 0 Å². The maximum Gasteiger partial charge on any atom is 0.290 e. The van der Waals surface area contributed by atoms with Crippen LogP contribution in [0.3, 0.4) is 0 Å². The van der Waals surface area contributed by atoms with Gasteiger partial charge in [-0.05, 0) is 11.6 Å². The fraction of sp³-hybridized carbons (Fsp3) is 0.286. The summed E-state index contributed by atoms with van der Waals surface area (Å²) < 4.78 is 0. The van der Waals surface area contributed by atoms with Crippen LogP contribution in [0.2, 0.25) is 0 Å². The lowest BCUT2D eigenvalue weighted by molar-refractivity contribution is 0.267. The normalized spacial score (nSPS) is 12.8. The molecule has 0 unspecified atom stereocenters. The Morgan fingerprint density at radius 2 is 2.33 bits per heavy atom. The SMILES string of the molecule is N[C@H](CO)c1c[nH]c(=O)c(O)c1. The number of aromatic nitrogens is 1. The second kappa shape index (κ2) is 3.38. The zero-order valence-corrected chi connectivity index (χ0v) is 6.32. The number of aliphatic hydroxyl groups excluding tert-OH is 1. The van der Waals surface area contributed by atoms with E-state index in [1.165, 1.54) is 12.3 Å². The smallest absolute Gasteiger partial charge is 0.290 e. The van der Waals surface area contributed by atoms with E-state index in [1.807, 2.05) is 0 Å². The highest BCUT2D eigenvalue weighted by atomic mass is 16.3. The molecule has 0 saturated carbocycles. The molecule has 0 bridgehead atoms. The first-order chi connectivity index (χ1) is 5.65. The molecule has 0 aliphatic carbocycles. The standard InChI is InChI=1S/C7H10N2O3/c8-5(3-10)4-1-6(11)7(12)9-2-4/h1-2,5,10-11H,3,8H2,(H,9,12)/t5-/m1/s1. The fourth-order valence-electron chi connectivity index (χ4n) is 0.807. The van der Waals surface area contributed by atoms with E-state index in [-0.39, 0.29) is 6.61 Å². The Hall–Kier alpha value is -1.33. The minimum atomic E-state index is -0.576. The van der Waals surface area contributed by atoms with Crippen LogP contribution in [0.4, 0.5) is 0 Å². The Morgan fingerprint density at radius 1 is 1.67 bits per heavy atom. The predicted octanol–water partition coefficient (Wildman–Crippen LogP) is -0.927. The molecule has 66 valence electrons. The van der Waals surface area contributed by atoms with Crippen molar-refractivity contribution < 1.29 is 10.2 Å². The highest BCUT2D eigenvalue weighted by Crippen LogP contribution is 2.10. The lowest BCUT2D eigenvalue weighted by Crippen LogP contribution is -2.16. The summed E-state index contributed by atoms with van der Waals surface area (Å²) in [5.41, 5.74) is 5.36. The molecule has 1 aromatic rings. The number of hydrogen-bond acceptors (Lipinski definition) is 4. The van der Waals surface area contributed by atoms with Crippen LogP contribution in [0.1, 0.15) is 11.6 Å². The quantitative estimate of drug-likeness (QED) is 0.461. The number of nitrogens with two attached hydrogens (primary N) is 1. The van der Waals surface area contributed by atoms with Gasteiger partial charge in [-0.1, -0.05) is 0 Å². The van der Waals surface area contributed by atoms with Gasteiger partial charge in [-0.25, -0.2) is 0 Å². The van der Waals surface area contributed by atoms with Gasteiger partial charge in [-0.3, -0.25) is 4.79 Å². The fourth-order valence-corrected chi connectivity index (χ4v) is 0.807. The monoisotopic (exact) mass is 170 g/mol. The number of aromatic amines is 1. The lowest BCUT2D eigenvalue weighted by atomic mass is 10.1. The van der Waals surface area contributed by atoms with Crippen molar-refractivity contribution in [1.82, 2.24) is 4.98 Å². The molecule has 5 heteroatoms. The van der Waals surface area contributed by atoms with Gasteiger partial charge in [0.2, 0.25) is 0 Å². The van der Waals surface area contributed by atoms with E-state index in [4.69, 9.17) is 15.9 Å². The van der Waals surface area contributed by atoms with E-state index >= 15 is 0 Å². The van der Waals surface area contributed by atoms with E-state index < -0.39 is 17.4 Å². The number of rotatable bonds is 2. The first kappa shape index (κ1) is 8.76. The molecule has 0 aliphatic rings. The molecule has 1 atom stereocenters. The molecule has 0 aromatic carbocycles. The third-order valence-electron chi connectivity index (χ3n) is 1.53. The lowest BCUT2D eigenvalue weighted by Gasteiger charge is -2.07. The molecular formula is C7H10N2O3. The average Bonchev–Trinajstić information content (AvgIpc) is 2.08. The van der Waals surface area contributed by atoms with E-state index in [1.54, 1.807) is 0 Å². The summed E-state index contributed by atoms with van der Waals surface area (Å²) in [6.07, 6.45) is 1.36. The Labute approximate surface area is 68.5 Å². The molecule has 0 radical (unpaired) electrons. The number of H-pyrrole nitrogens is 1. The number of aromatic hydroxyl groups is 1. The molecular weight excluding hydrogens is 160 g/mol. The first-order valence-corrected chi connectivity index (χ1v) is 3.43. The van der Waals surface area contributed by atoms with Crippen LogP contribution in [0.15, 0.2) is 17.1 Å². The summed E-state index contributed by atoms with van der Waals surface area (Å²) in [4.78, 5) is 13.0. The van der Waals surface area contributed by atoms with E-state index in [0.717, 1.165) is 0 Å². The molecule has 0 aliphatic heterocycles. The van der Waals surface area contributed by atoms with Crippen molar-refractivity contribution in [2.45, 2.75) is 6.04 Å². The third-order valence-corrected chi connectivity index (χ3v) is 1.53. The number of aliphatic hydroxyl groups is 1. The van der Waals surface area contributed by atoms with Crippen LogP contribution >= 0.6 is 0 Å². The molecule has 0 fully saturated rings. The Kier molecular flexibility index (Phi) is 2.47. The van der Waals surface area contributed by atoms with Crippen molar-refractivity contribution in [2.24, 2.45) is 5.73 Å². The van der Waals surface area contributed by atoms with E-state index in [0.29, 0.717) is 5.56 Å². The van der Waals surface area contributed by atoms with Gasteiger partial charge in [-0.15, -0.1) is 0 Å². The molecule has 1 heterocycles. The van der Waals surface area contributed by atoms with Gasteiger partial charge in [0.05, 0.1) is 12.6 Å². The second-order valence-electron chi connectivity index (χ2n) is 2.44. The van der Waals surface area contributed by atoms with Crippen LogP contribution < -0.4 is 11.3 Å². The Bertz CT molecular complexity index is 321. The summed E-state index contributed by atoms with van der Waals surface area (Å²) in [6.45, 7) is -0.231. The van der Waals surface area contributed by atoms with Gasteiger partial charge in [-0.2, -0.15) is 0 Å². The van der Waals surface area contributed by atoms with Crippen molar-refractivity contribution in [2.75, 3.05) is 6.61 Å². The summed E-state index contributed by atoms with van der Waals surface area (Å²) >= 11 is 0. The maximum absolute atomic E-state index is 10.7. The second-order valence-corrected chi connectivity index (χ2v) is 2.44. The zero-order chi connectivity index (χ0) is 9.14. The Morgan fingerprint density at radius 3 is 2.83 bits per heavy atom. The molecule has 0 saturated heterocycles. The van der Waals surface area contributed by atoms with Gasteiger partial charge in [0, 0.05) is 6.20 Å². The van der Waals surface area contributed by atoms with Gasteiger partial charge in [0.15, 0.2) is 5.75 Å². The summed E-state index contributed by atoms with van der Waals surface area (Å²) in [6, 6.07) is 0.660. The highest BCUT2D eigenvalue weighted by molar-refractivity contribution is 5.24. The molecule has 1 rings (SSSR count). The molecule has 5 nitrogen and oxygen atoms in total. The van der Waals surface area contributed by atoms with Crippen LogP contribution in [0.5, 0.6) is 5.75 Å². The molecule has 5 N–H and O–H groups in total.